The highest BCUT2D eigenvalue weighted by molar-refractivity contribution is 7.07. The third-order valence-electron chi connectivity index (χ3n) is 6.08. The summed E-state index contributed by atoms with van der Waals surface area (Å²) in [7, 11) is -0.839. The van der Waals surface area contributed by atoms with Crippen molar-refractivity contribution in [2.45, 2.75) is 63.5 Å². The number of hydrogen-bond donors (Lipinski definition) is 0. The molecule has 0 unspecified atom stereocenters. The summed E-state index contributed by atoms with van der Waals surface area (Å²) < 4.78 is 26.2. The first-order chi connectivity index (χ1) is 11.1. The SMILES string of the molecule is Fc1ccc(CCC2CCC([C@H]3CC[Si@H](Cl)CC3)CC2)cc1F. The molecule has 0 bridgehead atoms. The van der Waals surface area contributed by atoms with Crippen LogP contribution in [-0.4, -0.2) is 8.11 Å². The molecular formula is C19H27ClF2Si. The minimum Gasteiger partial charge on any atom is -0.204 e. The average molecular weight is 357 g/mol. The Balaban J connectivity index is 1.41. The highest BCUT2D eigenvalue weighted by Crippen LogP contribution is 2.41. The van der Waals surface area contributed by atoms with Crippen molar-refractivity contribution < 1.29 is 8.78 Å². The van der Waals surface area contributed by atoms with E-state index in [1.807, 2.05) is 0 Å². The highest BCUT2D eigenvalue weighted by Gasteiger charge is 2.30. The summed E-state index contributed by atoms with van der Waals surface area (Å²) in [5.41, 5.74) is 0.927. The maximum atomic E-state index is 13.2. The summed E-state index contributed by atoms with van der Waals surface area (Å²) in [6.45, 7) is 0. The average Bonchev–Trinajstić information content (AvgIpc) is 2.57. The van der Waals surface area contributed by atoms with E-state index in [-0.39, 0.29) is 0 Å². The molecule has 2 fully saturated rings. The second kappa shape index (κ2) is 8.11. The van der Waals surface area contributed by atoms with E-state index in [1.165, 1.54) is 62.7 Å². The number of aryl methyl sites for hydroxylation is 1. The Bertz CT molecular complexity index is 506. The number of hydrogen-bond acceptors (Lipinski definition) is 0. The zero-order valence-corrected chi connectivity index (χ0v) is 15.7. The van der Waals surface area contributed by atoms with Crippen molar-refractivity contribution in [2.75, 3.05) is 0 Å². The Morgan fingerprint density at radius 2 is 1.57 bits per heavy atom. The van der Waals surface area contributed by atoms with Crippen molar-refractivity contribution >= 4 is 19.2 Å². The molecule has 23 heavy (non-hydrogen) atoms. The molecule has 1 aliphatic heterocycles. The van der Waals surface area contributed by atoms with E-state index in [0.717, 1.165) is 36.2 Å². The smallest absolute Gasteiger partial charge is 0.159 e. The fourth-order valence-corrected chi connectivity index (χ4v) is 7.19. The van der Waals surface area contributed by atoms with Gasteiger partial charge < -0.3 is 0 Å². The first-order valence-electron chi connectivity index (χ1n) is 9.20. The summed E-state index contributed by atoms with van der Waals surface area (Å²) in [5, 5.41) is 0. The van der Waals surface area contributed by atoms with Gasteiger partial charge in [-0.05, 0) is 73.2 Å². The molecule has 4 heteroatoms. The largest absolute Gasteiger partial charge is 0.204 e. The molecule has 1 aromatic rings. The third kappa shape index (κ3) is 4.79. The molecule has 1 aliphatic carbocycles. The molecule has 1 aromatic carbocycles. The van der Waals surface area contributed by atoms with Gasteiger partial charge in [-0.2, -0.15) is 11.1 Å². The molecule has 0 atom stereocenters. The van der Waals surface area contributed by atoms with Gasteiger partial charge in [0.1, 0.15) is 8.11 Å². The van der Waals surface area contributed by atoms with Gasteiger partial charge in [0.25, 0.3) is 0 Å². The molecule has 1 heterocycles. The van der Waals surface area contributed by atoms with Gasteiger partial charge in [0.05, 0.1) is 0 Å². The summed E-state index contributed by atoms with van der Waals surface area (Å²) in [6, 6.07) is 7.00. The van der Waals surface area contributed by atoms with Crippen LogP contribution in [0.3, 0.4) is 0 Å². The van der Waals surface area contributed by atoms with Crippen LogP contribution in [0.1, 0.15) is 50.5 Å². The van der Waals surface area contributed by atoms with E-state index in [9.17, 15) is 8.78 Å². The summed E-state index contributed by atoms with van der Waals surface area (Å²) in [6.07, 6.45) is 10.1. The molecule has 0 N–H and O–H groups in total. The van der Waals surface area contributed by atoms with Gasteiger partial charge in [-0.15, -0.1) is 0 Å². The lowest BCUT2D eigenvalue weighted by atomic mass is 9.73. The first kappa shape index (κ1) is 17.4. The first-order valence-corrected chi connectivity index (χ1v) is 12.6. The summed E-state index contributed by atoms with van der Waals surface area (Å²) >= 11 is 6.35. The molecule has 0 radical (unpaired) electrons. The predicted octanol–water partition coefficient (Wildman–Crippen LogP) is 6.08. The molecule has 128 valence electrons. The van der Waals surface area contributed by atoms with Gasteiger partial charge in [0.2, 0.25) is 0 Å². The molecule has 0 nitrogen and oxygen atoms in total. The zero-order valence-electron chi connectivity index (χ0n) is 13.7. The topological polar surface area (TPSA) is 0 Å². The quantitative estimate of drug-likeness (QED) is 0.453. The minimum absolute atomic E-state index is 0.718. The van der Waals surface area contributed by atoms with Gasteiger partial charge in [-0.3, -0.25) is 0 Å². The van der Waals surface area contributed by atoms with Gasteiger partial charge in [-0.25, -0.2) is 8.78 Å². The zero-order chi connectivity index (χ0) is 16.2. The molecule has 3 rings (SSSR count). The monoisotopic (exact) mass is 356 g/mol. The standard InChI is InChI=1S/C19H27ClF2Si/c20-23-11-9-17(10-12-23)16-6-3-14(4-7-16)1-2-15-5-8-18(21)19(22)13-15/h5,8,13-14,16-17,23H,1-4,6-7,9-12H2/t14?,16?,17-,23-. The van der Waals surface area contributed by atoms with Crippen LogP contribution in [0.25, 0.3) is 0 Å². The van der Waals surface area contributed by atoms with Crippen molar-refractivity contribution in [3.05, 3.63) is 35.4 Å². The van der Waals surface area contributed by atoms with Gasteiger partial charge >= 0.3 is 0 Å². The molecule has 0 spiro atoms. The Kier molecular flexibility index (Phi) is 6.14. The van der Waals surface area contributed by atoms with Crippen molar-refractivity contribution in [3.63, 3.8) is 0 Å². The molecule has 0 amide bonds. The van der Waals surface area contributed by atoms with Crippen molar-refractivity contribution in [2.24, 2.45) is 17.8 Å². The van der Waals surface area contributed by atoms with Gasteiger partial charge in [-0.1, -0.05) is 31.7 Å². The lowest BCUT2D eigenvalue weighted by molar-refractivity contribution is 0.187. The molecule has 1 saturated carbocycles. The lowest BCUT2D eigenvalue weighted by Crippen LogP contribution is -2.26. The van der Waals surface area contributed by atoms with E-state index in [0.29, 0.717) is 0 Å². The fourth-order valence-electron chi connectivity index (χ4n) is 4.56. The van der Waals surface area contributed by atoms with E-state index in [1.54, 1.807) is 6.07 Å². The van der Waals surface area contributed by atoms with E-state index in [2.05, 4.69) is 0 Å². The van der Waals surface area contributed by atoms with Gasteiger partial charge in [0, 0.05) is 0 Å². The van der Waals surface area contributed by atoms with Crippen molar-refractivity contribution in [1.29, 1.82) is 0 Å². The number of halogens is 3. The van der Waals surface area contributed by atoms with E-state index >= 15 is 0 Å². The van der Waals surface area contributed by atoms with Crippen molar-refractivity contribution in [1.82, 2.24) is 0 Å². The molecule has 2 aliphatic rings. The lowest BCUT2D eigenvalue weighted by Gasteiger charge is -2.36. The third-order valence-corrected chi connectivity index (χ3v) is 9.31. The van der Waals surface area contributed by atoms with Crippen LogP contribution >= 0.6 is 11.1 Å². The molecular weight excluding hydrogens is 330 g/mol. The predicted molar refractivity (Wildman–Crippen MR) is 95.5 cm³/mol. The number of rotatable bonds is 4. The summed E-state index contributed by atoms with van der Waals surface area (Å²) in [4.78, 5) is 0. The summed E-state index contributed by atoms with van der Waals surface area (Å²) in [5.74, 6) is 1.16. The maximum Gasteiger partial charge on any atom is 0.159 e. The van der Waals surface area contributed by atoms with E-state index < -0.39 is 19.7 Å². The highest BCUT2D eigenvalue weighted by atomic mass is 35.6. The molecule has 1 saturated heterocycles. The minimum atomic E-state index is -0.839. The fraction of sp³-hybridized carbons (Fsp3) is 0.684. The van der Waals surface area contributed by atoms with Gasteiger partial charge in [0.15, 0.2) is 11.6 Å². The van der Waals surface area contributed by atoms with Crippen LogP contribution in [0.4, 0.5) is 8.78 Å². The molecule has 0 aromatic heterocycles. The Hall–Kier alpha value is -0.413. The second-order valence-corrected chi connectivity index (χ2v) is 11.8. The van der Waals surface area contributed by atoms with E-state index in [4.69, 9.17) is 11.1 Å². The second-order valence-electron chi connectivity index (χ2n) is 7.58. The van der Waals surface area contributed by atoms with Crippen LogP contribution in [0, 0.1) is 29.4 Å². The van der Waals surface area contributed by atoms with Crippen LogP contribution in [0.15, 0.2) is 18.2 Å². The normalized spacial score (nSPS) is 32.0. The Morgan fingerprint density at radius 3 is 2.22 bits per heavy atom. The number of benzene rings is 1. The van der Waals surface area contributed by atoms with Crippen LogP contribution in [0.5, 0.6) is 0 Å². The Labute approximate surface area is 144 Å². The maximum absolute atomic E-state index is 13.2. The van der Waals surface area contributed by atoms with Crippen LogP contribution < -0.4 is 0 Å². The van der Waals surface area contributed by atoms with Crippen molar-refractivity contribution in [3.8, 4) is 0 Å². The van der Waals surface area contributed by atoms with Crippen LogP contribution in [0.2, 0.25) is 12.1 Å². The van der Waals surface area contributed by atoms with Crippen LogP contribution in [-0.2, 0) is 6.42 Å². The Morgan fingerprint density at radius 1 is 0.913 bits per heavy atom.